The average Bonchev–Trinajstić information content (AvgIpc) is 2.40. The molecule has 0 aliphatic carbocycles. The molecule has 1 aromatic carbocycles. The normalized spacial score (nSPS) is 10.6. The molecule has 0 radical (unpaired) electrons. The Kier molecular flexibility index (Phi) is 7.14. The van der Waals surface area contributed by atoms with Crippen LogP contribution < -0.4 is 10.5 Å². The average molecular weight is 248 g/mol. The number of hydrogen-bond donors (Lipinski definition) is 1. The highest BCUT2D eigenvalue weighted by atomic mass is 16.5. The van der Waals surface area contributed by atoms with Gasteiger partial charge in [0.15, 0.2) is 0 Å². The molecule has 3 heteroatoms. The highest BCUT2D eigenvalue weighted by molar-refractivity contribution is 5.27. The monoisotopic (exact) mass is 248 g/mol. The third-order valence-corrected chi connectivity index (χ3v) is 2.76. The Labute approximate surface area is 110 Å². The molecule has 1 rings (SSSR count). The predicted octanol–water partition coefficient (Wildman–Crippen LogP) is 2.42. The second-order valence-corrected chi connectivity index (χ2v) is 4.29. The first-order chi connectivity index (χ1) is 8.80. The van der Waals surface area contributed by atoms with Crippen molar-refractivity contribution in [2.24, 2.45) is 5.73 Å². The van der Waals surface area contributed by atoms with Gasteiger partial charge in [-0.05, 0) is 30.7 Å². The lowest BCUT2D eigenvalue weighted by atomic mass is 10.2. The second-order valence-electron chi connectivity index (χ2n) is 4.29. The fraction of sp³-hybridized carbons (Fsp3) is 0.467. The van der Waals surface area contributed by atoms with Crippen LogP contribution in [0.3, 0.4) is 0 Å². The molecule has 18 heavy (non-hydrogen) atoms. The summed E-state index contributed by atoms with van der Waals surface area (Å²) in [7, 11) is 0. The third-order valence-electron chi connectivity index (χ3n) is 2.76. The van der Waals surface area contributed by atoms with E-state index in [0.717, 1.165) is 37.4 Å². The highest BCUT2D eigenvalue weighted by Gasteiger charge is 2.01. The summed E-state index contributed by atoms with van der Waals surface area (Å²) in [6.07, 6.45) is 3.09. The second kappa shape index (κ2) is 8.72. The molecule has 2 N–H and O–H groups in total. The van der Waals surface area contributed by atoms with Crippen molar-refractivity contribution in [3.8, 4) is 5.75 Å². The van der Waals surface area contributed by atoms with E-state index in [0.29, 0.717) is 13.2 Å². The van der Waals surface area contributed by atoms with Gasteiger partial charge in [0, 0.05) is 19.6 Å². The number of rotatable bonds is 9. The van der Waals surface area contributed by atoms with E-state index in [1.807, 2.05) is 30.3 Å². The Morgan fingerprint density at radius 2 is 2.00 bits per heavy atom. The van der Waals surface area contributed by atoms with E-state index in [2.05, 4.69) is 18.4 Å². The molecule has 0 aliphatic rings. The van der Waals surface area contributed by atoms with E-state index in [4.69, 9.17) is 10.5 Å². The van der Waals surface area contributed by atoms with Gasteiger partial charge in [-0.2, -0.15) is 0 Å². The van der Waals surface area contributed by atoms with Crippen LogP contribution in [0.1, 0.15) is 18.9 Å². The summed E-state index contributed by atoms with van der Waals surface area (Å²) in [5, 5.41) is 0. The lowest BCUT2D eigenvalue weighted by Crippen LogP contribution is -2.29. The molecule has 0 atom stereocenters. The van der Waals surface area contributed by atoms with Gasteiger partial charge in [-0.3, -0.25) is 4.90 Å². The molecular weight excluding hydrogens is 224 g/mol. The largest absolute Gasteiger partial charge is 0.492 e. The molecule has 0 spiro atoms. The smallest absolute Gasteiger partial charge is 0.119 e. The van der Waals surface area contributed by atoms with E-state index in [9.17, 15) is 0 Å². The van der Waals surface area contributed by atoms with Crippen molar-refractivity contribution in [2.45, 2.75) is 19.9 Å². The summed E-state index contributed by atoms with van der Waals surface area (Å²) in [5.74, 6) is 0.905. The van der Waals surface area contributed by atoms with Crippen LogP contribution in [-0.4, -0.2) is 31.1 Å². The van der Waals surface area contributed by atoms with Crippen molar-refractivity contribution in [2.75, 3.05) is 26.2 Å². The molecule has 0 saturated carbocycles. The SMILES string of the molecule is C=CCN(CCC)CCOc1ccc(CN)cc1. The van der Waals surface area contributed by atoms with Crippen LogP contribution in [0.4, 0.5) is 0 Å². The van der Waals surface area contributed by atoms with Gasteiger partial charge in [0.2, 0.25) is 0 Å². The molecule has 0 amide bonds. The van der Waals surface area contributed by atoms with Crippen LogP contribution in [0.5, 0.6) is 5.75 Å². The quantitative estimate of drug-likeness (QED) is 0.682. The van der Waals surface area contributed by atoms with Crippen molar-refractivity contribution >= 4 is 0 Å². The van der Waals surface area contributed by atoms with Crippen molar-refractivity contribution in [3.63, 3.8) is 0 Å². The fourth-order valence-electron chi connectivity index (χ4n) is 1.81. The number of nitrogens with zero attached hydrogens (tertiary/aromatic N) is 1. The van der Waals surface area contributed by atoms with Gasteiger partial charge in [-0.15, -0.1) is 6.58 Å². The predicted molar refractivity (Wildman–Crippen MR) is 76.8 cm³/mol. The van der Waals surface area contributed by atoms with Crippen LogP contribution in [-0.2, 0) is 6.54 Å². The Hall–Kier alpha value is -1.32. The van der Waals surface area contributed by atoms with Gasteiger partial charge in [-0.1, -0.05) is 25.1 Å². The molecule has 0 fully saturated rings. The van der Waals surface area contributed by atoms with Crippen molar-refractivity contribution in [1.82, 2.24) is 4.90 Å². The topological polar surface area (TPSA) is 38.5 Å². The van der Waals surface area contributed by atoms with E-state index in [1.165, 1.54) is 0 Å². The number of ether oxygens (including phenoxy) is 1. The first-order valence-corrected chi connectivity index (χ1v) is 6.55. The summed E-state index contributed by atoms with van der Waals surface area (Å²) in [4.78, 5) is 2.33. The maximum absolute atomic E-state index is 5.71. The maximum Gasteiger partial charge on any atom is 0.119 e. The molecule has 1 aromatic rings. The van der Waals surface area contributed by atoms with E-state index < -0.39 is 0 Å². The van der Waals surface area contributed by atoms with E-state index in [-0.39, 0.29) is 0 Å². The Morgan fingerprint density at radius 1 is 1.28 bits per heavy atom. The molecule has 0 heterocycles. The zero-order valence-electron chi connectivity index (χ0n) is 11.3. The Bertz CT molecular complexity index is 335. The van der Waals surface area contributed by atoms with Gasteiger partial charge < -0.3 is 10.5 Å². The van der Waals surface area contributed by atoms with Gasteiger partial charge in [0.25, 0.3) is 0 Å². The molecular formula is C15H24N2O. The molecule has 100 valence electrons. The molecule has 0 bridgehead atoms. The number of hydrogen-bond acceptors (Lipinski definition) is 3. The van der Waals surface area contributed by atoms with Crippen LogP contribution >= 0.6 is 0 Å². The molecule has 0 unspecified atom stereocenters. The number of benzene rings is 1. The van der Waals surface area contributed by atoms with Crippen LogP contribution in [0.25, 0.3) is 0 Å². The van der Waals surface area contributed by atoms with Crippen molar-refractivity contribution in [1.29, 1.82) is 0 Å². The third kappa shape index (κ3) is 5.34. The zero-order valence-corrected chi connectivity index (χ0v) is 11.3. The van der Waals surface area contributed by atoms with Gasteiger partial charge >= 0.3 is 0 Å². The van der Waals surface area contributed by atoms with Gasteiger partial charge in [-0.25, -0.2) is 0 Å². The lowest BCUT2D eigenvalue weighted by molar-refractivity contribution is 0.223. The fourth-order valence-corrected chi connectivity index (χ4v) is 1.81. The van der Waals surface area contributed by atoms with Crippen LogP contribution in [0.15, 0.2) is 36.9 Å². The standard InChI is InChI=1S/C15H24N2O/c1-3-9-17(10-4-2)11-12-18-15-7-5-14(13-16)6-8-15/h3,5-8H,1,4,9-13,16H2,2H3. The molecule has 0 aromatic heterocycles. The van der Waals surface area contributed by atoms with Gasteiger partial charge in [0.1, 0.15) is 12.4 Å². The first-order valence-electron chi connectivity index (χ1n) is 6.55. The summed E-state index contributed by atoms with van der Waals surface area (Å²) in [6.45, 7) is 10.2. The minimum absolute atomic E-state index is 0.573. The highest BCUT2D eigenvalue weighted by Crippen LogP contribution is 2.11. The summed E-state index contributed by atoms with van der Waals surface area (Å²) < 4.78 is 5.71. The minimum Gasteiger partial charge on any atom is -0.492 e. The van der Waals surface area contributed by atoms with Crippen LogP contribution in [0.2, 0.25) is 0 Å². The van der Waals surface area contributed by atoms with Crippen molar-refractivity contribution < 1.29 is 4.74 Å². The van der Waals surface area contributed by atoms with E-state index in [1.54, 1.807) is 0 Å². The molecule has 3 nitrogen and oxygen atoms in total. The van der Waals surface area contributed by atoms with E-state index >= 15 is 0 Å². The van der Waals surface area contributed by atoms with Crippen molar-refractivity contribution in [3.05, 3.63) is 42.5 Å². The Balaban J connectivity index is 2.32. The summed E-state index contributed by atoms with van der Waals surface area (Å²) in [5.41, 5.74) is 6.68. The lowest BCUT2D eigenvalue weighted by Gasteiger charge is -2.19. The number of nitrogens with two attached hydrogens (primary N) is 1. The zero-order chi connectivity index (χ0) is 13.2. The molecule has 0 aliphatic heterocycles. The minimum atomic E-state index is 0.573. The summed E-state index contributed by atoms with van der Waals surface area (Å²) >= 11 is 0. The Morgan fingerprint density at radius 3 is 2.56 bits per heavy atom. The first kappa shape index (κ1) is 14.7. The summed E-state index contributed by atoms with van der Waals surface area (Å²) in [6, 6.07) is 7.95. The molecule has 0 saturated heterocycles. The maximum atomic E-state index is 5.71. The van der Waals surface area contributed by atoms with Crippen LogP contribution in [0, 0.1) is 0 Å². The van der Waals surface area contributed by atoms with Gasteiger partial charge in [0.05, 0.1) is 0 Å².